The lowest BCUT2D eigenvalue weighted by Crippen LogP contribution is -2.53. The van der Waals surface area contributed by atoms with Crippen molar-refractivity contribution >= 4 is 23.6 Å². The third kappa shape index (κ3) is 8.88. The summed E-state index contributed by atoms with van der Waals surface area (Å²) in [5.41, 5.74) is 0. The molecule has 8 nitrogen and oxygen atoms in total. The smallest absolute Gasteiger partial charge is 0.227 e. The first kappa shape index (κ1) is 24.9. The van der Waals surface area contributed by atoms with E-state index in [0.717, 1.165) is 0 Å². The quantitative estimate of drug-likeness (QED) is 0.556. The first-order valence-corrected chi connectivity index (χ1v) is 9.51. The van der Waals surface area contributed by atoms with Gasteiger partial charge in [-0.2, -0.15) is 0 Å². The largest absolute Gasteiger partial charge is 0.338 e. The van der Waals surface area contributed by atoms with E-state index in [1.54, 1.807) is 55.4 Å². The van der Waals surface area contributed by atoms with Gasteiger partial charge < -0.3 is 20.4 Å². The predicted octanol–water partition coefficient (Wildman–Crippen LogP) is 1.37. The Morgan fingerprint density at radius 1 is 0.593 bits per heavy atom. The Morgan fingerprint density at radius 2 is 0.889 bits per heavy atom. The molecule has 0 aromatic rings. The molecule has 0 saturated heterocycles. The van der Waals surface area contributed by atoms with Gasteiger partial charge in [0.2, 0.25) is 23.6 Å². The van der Waals surface area contributed by atoms with Gasteiger partial charge in [0.05, 0.1) is 20.0 Å². The lowest BCUT2D eigenvalue weighted by molar-refractivity contribution is -0.144. The topological polar surface area (TPSA) is 98.8 Å². The Bertz CT molecular complexity index is 484. The van der Waals surface area contributed by atoms with Crippen molar-refractivity contribution in [1.82, 2.24) is 20.4 Å². The predicted molar refractivity (Wildman–Crippen MR) is 104 cm³/mol. The highest BCUT2D eigenvalue weighted by molar-refractivity contribution is 5.82. The lowest BCUT2D eigenvalue weighted by atomic mass is 10.2. The lowest BCUT2D eigenvalue weighted by Gasteiger charge is -2.33. The molecule has 0 heterocycles. The molecule has 0 radical (unpaired) electrons. The van der Waals surface area contributed by atoms with E-state index in [0.29, 0.717) is 0 Å². The van der Waals surface area contributed by atoms with Gasteiger partial charge >= 0.3 is 0 Å². The zero-order valence-corrected chi connectivity index (χ0v) is 18.0. The summed E-state index contributed by atoms with van der Waals surface area (Å²) in [5, 5.41) is 5.43. The van der Waals surface area contributed by atoms with Gasteiger partial charge in [0.15, 0.2) is 0 Å². The van der Waals surface area contributed by atoms with Crippen molar-refractivity contribution in [2.45, 2.75) is 55.4 Å². The summed E-state index contributed by atoms with van der Waals surface area (Å²) in [7, 11) is 0. The van der Waals surface area contributed by atoms with E-state index in [1.165, 1.54) is 9.80 Å². The molecule has 0 fully saturated rings. The summed E-state index contributed by atoms with van der Waals surface area (Å²) in [6.07, 6.45) is 0. The Morgan fingerprint density at radius 3 is 1.11 bits per heavy atom. The fraction of sp³-hybridized carbons (Fsp3) is 0.789. The van der Waals surface area contributed by atoms with Crippen LogP contribution < -0.4 is 10.6 Å². The van der Waals surface area contributed by atoms with E-state index < -0.39 is 0 Å². The standard InChI is InChI=1S/C19H36N4O4/c1-12(2)16(24)20-9-22(18(26)14(5)6)11-23(19(27)15(7)8)10-21-17(25)13(3)4/h12-15H,9-11H2,1-8H3,(H,20,24)(H,21,25). The molecule has 2 N–H and O–H groups in total. The van der Waals surface area contributed by atoms with Crippen LogP contribution in [-0.4, -0.2) is 53.4 Å². The molecular weight excluding hydrogens is 348 g/mol. The third-order valence-corrected chi connectivity index (χ3v) is 3.89. The van der Waals surface area contributed by atoms with E-state index in [-0.39, 0.29) is 67.3 Å². The van der Waals surface area contributed by atoms with Crippen molar-refractivity contribution in [3.8, 4) is 0 Å². The van der Waals surface area contributed by atoms with Crippen LogP contribution in [-0.2, 0) is 19.2 Å². The third-order valence-electron chi connectivity index (χ3n) is 3.89. The summed E-state index contributed by atoms with van der Waals surface area (Å²) in [6, 6.07) is 0. The van der Waals surface area contributed by atoms with Gasteiger partial charge in [0.25, 0.3) is 0 Å². The van der Waals surface area contributed by atoms with E-state index in [4.69, 9.17) is 0 Å². The van der Waals surface area contributed by atoms with Gasteiger partial charge in [-0.3, -0.25) is 19.2 Å². The molecule has 8 heteroatoms. The van der Waals surface area contributed by atoms with Crippen molar-refractivity contribution in [3.05, 3.63) is 0 Å². The van der Waals surface area contributed by atoms with Gasteiger partial charge in [-0.1, -0.05) is 55.4 Å². The van der Waals surface area contributed by atoms with Gasteiger partial charge in [-0.25, -0.2) is 0 Å². The summed E-state index contributed by atoms with van der Waals surface area (Å²) in [5.74, 6) is -1.71. The SMILES string of the molecule is CC(C)C(=O)NCN(CN(CNC(=O)C(C)C)C(=O)C(C)C)C(=O)C(C)C. The van der Waals surface area contributed by atoms with Gasteiger partial charge in [0, 0.05) is 23.7 Å². The summed E-state index contributed by atoms with van der Waals surface area (Å²) < 4.78 is 0. The number of amides is 4. The average Bonchev–Trinajstić information content (AvgIpc) is 2.58. The van der Waals surface area contributed by atoms with Crippen LogP contribution in [0.25, 0.3) is 0 Å². The maximum Gasteiger partial charge on any atom is 0.227 e. The summed E-state index contributed by atoms with van der Waals surface area (Å²) >= 11 is 0. The van der Waals surface area contributed by atoms with Crippen LogP contribution in [0.3, 0.4) is 0 Å². The minimum Gasteiger partial charge on any atom is -0.338 e. The molecule has 0 atom stereocenters. The second-order valence-electron chi connectivity index (χ2n) is 7.91. The van der Waals surface area contributed by atoms with Crippen molar-refractivity contribution < 1.29 is 19.2 Å². The van der Waals surface area contributed by atoms with E-state index >= 15 is 0 Å². The molecule has 0 aromatic carbocycles. The average molecular weight is 385 g/mol. The molecule has 156 valence electrons. The van der Waals surface area contributed by atoms with Crippen LogP contribution in [0.15, 0.2) is 0 Å². The van der Waals surface area contributed by atoms with Gasteiger partial charge in [0.1, 0.15) is 0 Å². The van der Waals surface area contributed by atoms with Crippen molar-refractivity contribution in [3.63, 3.8) is 0 Å². The van der Waals surface area contributed by atoms with Crippen LogP contribution in [0, 0.1) is 23.7 Å². The number of nitrogens with zero attached hydrogens (tertiary/aromatic N) is 2. The van der Waals surface area contributed by atoms with E-state index in [2.05, 4.69) is 10.6 Å². The number of nitrogens with one attached hydrogen (secondary N) is 2. The number of hydrogen-bond acceptors (Lipinski definition) is 4. The van der Waals surface area contributed by atoms with Crippen LogP contribution in [0.1, 0.15) is 55.4 Å². The maximum absolute atomic E-state index is 12.5. The number of rotatable bonds is 10. The van der Waals surface area contributed by atoms with Crippen LogP contribution in [0.2, 0.25) is 0 Å². The minimum absolute atomic E-state index is 0.00797. The zero-order chi connectivity index (χ0) is 21.3. The number of hydrogen-bond donors (Lipinski definition) is 2. The molecule has 0 rings (SSSR count). The molecule has 0 aliphatic rings. The highest BCUT2D eigenvalue weighted by Gasteiger charge is 2.25. The zero-order valence-electron chi connectivity index (χ0n) is 18.0. The second kappa shape index (κ2) is 11.6. The molecule has 0 saturated carbocycles. The molecule has 0 spiro atoms. The monoisotopic (exact) mass is 384 g/mol. The maximum atomic E-state index is 12.5. The Hall–Kier alpha value is -2.12. The fourth-order valence-electron chi connectivity index (χ4n) is 2.09. The van der Waals surface area contributed by atoms with Crippen LogP contribution in [0.4, 0.5) is 0 Å². The van der Waals surface area contributed by atoms with Gasteiger partial charge in [-0.15, -0.1) is 0 Å². The Labute approximate surface area is 163 Å². The van der Waals surface area contributed by atoms with E-state index in [1.807, 2.05) is 0 Å². The van der Waals surface area contributed by atoms with E-state index in [9.17, 15) is 19.2 Å². The number of carbonyl (C=O) groups excluding carboxylic acids is 4. The van der Waals surface area contributed by atoms with Crippen LogP contribution in [0.5, 0.6) is 0 Å². The molecule has 0 aromatic heterocycles. The second-order valence-corrected chi connectivity index (χ2v) is 7.91. The van der Waals surface area contributed by atoms with Crippen molar-refractivity contribution in [1.29, 1.82) is 0 Å². The minimum atomic E-state index is -0.290. The fourth-order valence-corrected chi connectivity index (χ4v) is 2.09. The molecule has 4 amide bonds. The highest BCUT2D eigenvalue weighted by atomic mass is 16.2. The van der Waals surface area contributed by atoms with Crippen molar-refractivity contribution in [2.75, 3.05) is 20.0 Å². The van der Waals surface area contributed by atoms with Gasteiger partial charge in [-0.05, 0) is 0 Å². The normalized spacial score (nSPS) is 11.1. The Balaban J connectivity index is 5.30. The highest BCUT2D eigenvalue weighted by Crippen LogP contribution is 2.07. The van der Waals surface area contributed by atoms with Crippen molar-refractivity contribution in [2.24, 2.45) is 23.7 Å². The summed E-state index contributed by atoms with van der Waals surface area (Å²) in [6.45, 7) is 14.1. The Kier molecular flexibility index (Phi) is 10.7. The number of carbonyl (C=O) groups is 4. The molecule has 0 aliphatic carbocycles. The first-order chi connectivity index (χ1) is 12.4. The molecule has 0 bridgehead atoms. The molecule has 0 unspecified atom stereocenters. The molecule has 0 aliphatic heterocycles. The molecular formula is C19H36N4O4. The molecule has 27 heavy (non-hydrogen) atoms. The first-order valence-electron chi connectivity index (χ1n) is 9.51. The van der Waals surface area contributed by atoms with Crippen LogP contribution >= 0.6 is 0 Å². The summed E-state index contributed by atoms with van der Waals surface area (Å²) in [4.78, 5) is 51.7.